The number of nitrogens with two attached hydrogens (primary N) is 1. The van der Waals surface area contributed by atoms with Crippen LogP contribution in [-0.4, -0.2) is 48.2 Å². The first kappa shape index (κ1) is 18.1. The Morgan fingerprint density at radius 3 is 2.74 bits per heavy atom. The van der Waals surface area contributed by atoms with Crippen LogP contribution in [0.3, 0.4) is 0 Å². The lowest BCUT2D eigenvalue weighted by Crippen LogP contribution is -2.34. The summed E-state index contributed by atoms with van der Waals surface area (Å²) in [6.07, 6.45) is -3.50. The van der Waals surface area contributed by atoms with E-state index in [1.54, 1.807) is 12.3 Å². The molecule has 4 rings (SSSR count). The van der Waals surface area contributed by atoms with Crippen LogP contribution >= 0.6 is 11.6 Å². The van der Waals surface area contributed by atoms with E-state index in [2.05, 4.69) is 9.97 Å². The predicted octanol–water partition coefficient (Wildman–Crippen LogP) is 1.16. The molecule has 0 amide bonds. The van der Waals surface area contributed by atoms with Crippen LogP contribution in [-0.2, 0) is 4.74 Å². The fourth-order valence-corrected chi connectivity index (χ4v) is 3.38. The van der Waals surface area contributed by atoms with Crippen molar-refractivity contribution in [3.63, 3.8) is 0 Å². The molecule has 0 saturated carbocycles. The fourth-order valence-electron chi connectivity index (χ4n) is 3.26. The number of aromatic nitrogens is 3. The summed E-state index contributed by atoms with van der Waals surface area (Å²) in [6, 6.07) is 5.43. The average molecular weight is 395 g/mol. The monoisotopic (exact) mass is 394 g/mol. The fraction of sp³-hybridized carbons (Fsp3) is 0.294. The molecule has 1 aliphatic rings. The zero-order chi connectivity index (χ0) is 19.3. The smallest absolute Gasteiger partial charge is 0.164 e. The molecule has 1 saturated heterocycles. The van der Waals surface area contributed by atoms with Gasteiger partial charge in [0.2, 0.25) is 0 Å². The molecule has 0 radical (unpaired) electrons. The molecule has 5 N–H and O–H groups in total. The van der Waals surface area contributed by atoms with Crippen LogP contribution in [0.4, 0.5) is 10.2 Å². The largest absolute Gasteiger partial charge is 0.387 e. The number of aliphatic hydroxyl groups is 3. The van der Waals surface area contributed by atoms with Gasteiger partial charge < -0.3 is 30.4 Å². The van der Waals surface area contributed by atoms with E-state index < -0.39 is 36.5 Å². The second-order valence-corrected chi connectivity index (χ2v) is 6.72. The molecule has 1 aromatic carbocycles. The third-order valence-electron chi connectivity index (χ3n) is 4.69. The van der Waals surface area contributed by atoms with Gasteiger partial charge in [0, 0.05) is 6.20 Å². The highest BCUT2D eigenvalue weighted by Gasteiger charge is 2.47. The average Bonchev–Trinajstić information content (AvgIpc) is 3.20. The molecule has 3 aromatic rings. The number of anilines is 1. The van der Waals surface area contributed by atoms with Gasteiger partial charge in [-0.05, 0) is 23.8 Å². The number of halogens is 2. The van der Waals surface area contributed by atoms with Crippen molar-refractivity contribution in [1.29, 1.82) is 0 Å². The van der Waals surface area contributed by atoms with Crippen LogP contribution in [0, 0.1) is 5.82 Å². The standard InChI is InChI=1S/C17H16ClFN4O4/c18-9-2-1-7(5-10(9)19)11(24)14-12(25)13(26)17(27-14)23-4-3-8-15(20)21-6-22-16(8)23/h1-6,11-14,17,24-26H,(H2,20,21,22)/t11?,12-,13+,14+,17+/m0/s1. The van der Waals surface area contributed by atoms with Crippen molar-refractivity contribution in [2.24, 2.45) is 0 Å². The van der Waals surface area contributed by atoms with Gasteiger partial charge in [-0.15, -0.1) is 0 Å². The number of ether oxygens (including phenoxy) is 1. The number of benzene rings is 1. The third kappa shape index (κ3) is 2.93. The second-order valence-electron chi connectivity index (χ2n) is 6.31. The van der Waals surface area contributed by atoms with Gasteiger partial charge in [0.15, 0.2) is 6.23 Å². The maximum absolute atomic E-state index is 13.7. The van der Waals surface area contributed by atoms with E-state index in [-0.39, 0.29) is 16.4 Å². The van der Waals surface area contributed by atoms with Crippen LogP contribution < -0.4 is 5.73 Å². The maximum Gasteiger partial charge on any atom is 0.164 e. The molecule has 2 aromatic heterocycles. The number of fused-ring (bicyclic) bond motifs is 1. The lowest BCUT2D eigenvalue weighted by atomic mass is 9.99. The Hall–Kier alpha value is -2.30. The summed E-state index contributed by atoms with van der Waals surface area (Å²) in [4.78, 5) is 8.02. The van der Waals surface area contributed by atoms with Crippen LogP contribution in [0.15, 0.2) is 36.8 Å². The third-order valence-corrected chi connectivity index (χ3v) is 4.99. The summed E-state index contributed by atoms with van der Waals surface area (Å²) in [7, 11) is 0. The molecule has 1 unspecified atom stereocenters. The van der Waals surface area contributed by atoms with Crippen molar-refractivity contribution >= 4 is 28.5 Å². The van der Waals surface area contributed by atoms with Gasteiger partial charge in [-0.1, -0.05) is 17.7 Å². The van der Waals surface area contributed by atoms with Gasteiger partial charge in [-0.25, -0.2) is 14.4 Å². The molecule has 3 heterocycles. The highest BCUT2D eigenvalue weighted by atomic mass is 35.5. The molecular weight excluding hydrogens is 379 g/mol. The first-order valence-corrected chi connectivity index (χ1v) is 8.48. The molecule has 142 valence electrons. The van der Waals surface area contributed by atoms with Crippen molar-refractivity contribution in [2.45, 2.75) is 30.6 Å². The van der Waals surface area contributed by atoms with Crippen molar-refractivity contribution < 1.29 is 24.4 Å². The Morgan fingerprint density at radius 2 is 2.00 bits per heavy atom. The van der Waals surface area contributed by atoms with Crippen molar-refractivity contribution in [3.05, 3.63) is 53.2 Å². The topological polar surface area (TPSA) is 127 Å². The van der Waals surface area contributed by atoms with Gasteiger partial charge in [0.25, 0.3) is 0 Å². The van der Waals surface area contributed by atoms with Crippen LogP contribution in [0.25, 0.3) is 11.0 Å². The molecule has 1 aliphatic heterocycles. The van der Waals surface area contributed by atoms with E-state index in [0.29, 0.717) is 11.0 Å². The van der Waals surface area contributed by atoms with Crippen molar-refractivity contribution in [3.8, 4) is 0 Å². The van der Waals surface area contributed by atoms with Crippen molar-refractivity contribution in [2.75, 3.05) is 5.73 Å². The molecule has 0 bridgehead atoms. The molecule has 5 atom stereocenters. The summed E-state index contributed by atoms with van der Waals surface area (Å²) in [5, 5.41) is 31.8. The van der Waals surface area contributed by atoms with E-state index >= 15 is 0 Å². The normalized spacial score (nSPS) is 26.6. The van der Waals surface area contributed by atoms with E-state index in [1.165, 1.54) is 23.0 Å². The van der Waals surface area contributed by atoms with E-state index in [4.69, 9.17) is 22.1 Å². The van der Waals surface area contributed by atoms with Crippen molar-refractivity contribution in [1.82, 2.24) is 14.5 Å². The highest BCUT2D eigenvalue weighted by molar-refractivity contribution is 6.30. The molecule has 27 heavy (non-hydrogen) atoms. The lowest BCUT2D eigenvalue weighted by molar-refractivity contribution is -0.0848. The van der Waals surface area contributed by atoms with E-state index in [1.807, 2.05) is 0 Å². The SMILES string of the molecule is Nc1ncnc2c1ccn2[C@@H]1O[C@H](C(O)c2ccc(Cl)c(F)c2)[C@@H](O)[C@H]1O. The summed E-state index contributed by atoms with van der Waals surface area (Å²) in [5.74, 6) is -0.443. The molecule has 1 fully saturated rings. The number of hydrogen-bond acceptors (Lipinski definition) is 7. The Bertz CT molecular complexity index is 1000. The van der Waals surface area contributed by atoms with Gasteiger partial charge in [-0.3, -0.25) is 0 Å². The number of hydrogen-bond donors (Lipinski definition) is 4. The minimum absolute atomic E-state index is 0.0900. The predicted molar refractivity (Wildman–Crippen MR) is 94.2 cm³/mol. The first-order valence-electron chi connectivity index (χ1n) is 8.10. The second kappa shape index (κ2) is 6.70. The summed E-state index contributed by atoms with van der Waals surface area (Å²) in [5.41, 5.74) is 6.38. The van der Waals surface area contributed by atoms with Gasteiger partial charge in [0.05, 0.1) is 10.4 Å². The molecule has 0 spiro atoms. The lowest BCUT2D eigenvalue weighted by Gasteiger charge is -2.21. The quantitative estimate of drug-likeness (QED) is 0.525. The minimum atomic E-state index is -1.42. The van der Waals surface area contributed by atoms with E-state index in [0.717, 1.165) is 6.07 Å². The number of nitrogen functional groups attached to an aromatic ring is 1. The Labute approximate surface area is 157 Å². The molecule has 8 nitrogen and oxygen atoms in total. The Kier molecular flexibility index (Phi) is 4.49. The number of rotatable bonds is 3. The van der Waals surface area contributed by atoms with Gasteiger partial charge in [0.1, 0.15) is 48.0 Å². The van der Waals surface area contributed by atoms with Gasteiger partial charge in [-0.2, -0.15) is 0 Å². The Balaban J connectivity index is 1.66. The van der Waals surface area contributed by atoms with E-state index in [9.17, 15) is 19.7 Å². The van der Waals surface area contributed by atoms with Crippen LogP contribution in [0.2, 0.25) is 5.02 Å². The summed E-state index contributed by atoms with van der Waals surface area (Å²) in [6.45, 7) is 0. The molecule has 0 aliphatic carbocycles. The van der Waals surface area contributed by atoms with Gasteiger partial charge >= 0.3 is 0 Å². The first-order chi connectivity index (χ1) is 12.9. The van der Waals surface area contributed by atoms with Crippen LogP contribution in [0.5, 0.6) is 0 Å². The zero-order valence-corrected chi connectivity index (χ0v) is 14.5. The number of nitrogens with zero attached hydrogens (tertiary/aromatic N) is 3. The summed E-state index contributed by atoms with van der Waals surface area (Å²) >= 11 is 5.65. The molecule has 10 heteroatoms. The molecular formula is C17H16ClFN4O4. The maximum atomic E-state index is 13.7. The highest BCUT2D eigenvalue weighted by Crippen LogP contribution is 2.38. The van der Waals surface area contributed by atoms with Crippen LogP contribution in [0.1, 0.15) is 17.9 Å². The number of aliphatic hydroxyl groups excluding tert-OH is 3. The minimum Gasteiger partial charge on any atom is -0.387 e. The Morgan fingerprint density at radius 1 is 1.22 bits per heavy atom. The zero-order valence-electron chi connectivity index (χ0n) is 13.8. The summed E-state index contributed by atoms with van der Waals surface area (Å²) < 4.78 is 20.9.